The van der Waals surface area contributed by atoms with Crippen molar-refractivity contribution in [1.29, 1.82) is 0 Å². The summed E-state index contributed by atoms with van der Waals surface area (Å²) in [6.07, 6.45) is 3.43. The molecule has 1 heterocycles. The van der Waals surface area contributed by atoms with Crippen LogP contribution in [0.2, 0.25) is 0 Å². The van der Waals surface area contributed by atoms with E-state index in [-0.39, 0.29) is 17.6 Å². The van der Waals surface area contributed by atoms with Crippen molar-refractivity contribution in [2.24, 2.45) is 0 Å². The molecule has 0 spiro atoms. The molecule has 1 aromatic carbocycles. The molecule has 0 atom stereocenters. The van der Waals surface area contributed by atoms with Crippen LogP contribution in [0.25, 0.3) is 0 Å². The highest BCUT2D eigenvalue weighted by atomic mass is 19.1. The summed E-state index contributed by atoms with van der Waals surface area (Å²) in [7, 11) is 1.61. The van der Waals surface area contributed by atoms with Crippen molar-refractivity contribution in [3.8, 4) is 5.75 Å². The van der Waals surface area contributed by atoms with Crippen LogP contribution in [0, 0.1) is 5.82 Å². The van der Waals surface area contributed by atoms with Crippen molar-refractivity contribution in [2.75, 3.05) is 12.4 Å². The lowest BCUT2D eigenvalue weighted by Crippen LogP contribution is -2.02. The molecule has 0 amide bonds. The minimum absolute atomic E-state index is 0.224. The van der Waals surface area contributed by atoms with Crippen molar-refractivity contribution in [2.45, 2.75) is 18.8 Å². The minimum atomic E-state index is -0.346. The van der Waals surface area contributed by atoms with E-state index in [4.69, 9.17) is 4.74 Å². The van der Waals surface area contributed by atoms with Crippen molar-refractivity contribution in [3.05, 3.63) is 42.1 Å². The number of nitrogens with zero attached hydrogens (tertiary/aromatic N) is 2. The second-order valence-corrected chi connectivity index (χ2v) is 4.55. The van der Waals surface area contributed by atoms with Gasteiger partial charge in [0.1, 0.15) is 12.1 Å². The van der Waals surface area contributed by atoms with Crippen LogP contribution in [0.1, 0.15) is 24.5 Å². The number of hydrogen-bond acceptors (Lipinski definition) is 4. The molecule has 19 heavy (non-hydrogen) atoms. The molecule has 0 unspecified atom stereocenters. The molecule has 0 saturated heterocycles. The number of rotatable bonds is 4. The van der Waals surface area contributed by atoms with Crippen molar-refractivity contribution < 1.29 is 9.13 Å². The van der Waals surface area contributed by atoms with E-state index in [0.717, 1.165) is 24.3 Å². The van der Waals surface area contributed by atoms with E-state index in [0.29, 0.717) is 5.69 Å². The Bertz CT molecular complexity index is 582. The molecular formula is C14H14FN3O. The number of benzene rings is 1. The van der Waals surface area contributed by atoms with Crippen LogP contribution in [0.5, 0.6) is 5.75 Å². The number of anilines is 2. The van der Waals surface area contributed by atoms with Gasteiger partial charge in [-0.25, -0.2) is 14.4 Å². The van der Waals surface area contributed by atoms with Crippen molar-refractivity contribution in [3.63, 3.8) is 0 Å². The summed E-state index contributed by atoms with van der Waals surface area (Å²) in [6, 6.07) is 7.25. The molecule has 2 aromatic rings. The van der Waals surface area contributed by atoms with Crippen LogP contribution < -0.4 is 10.1 Å². The smallest absolute Gasteiger partial charge is 0.187 e. The Morgan fingerprint density at radius 1 is 1.21 bits per heavy atom. The molecule has 0 aliphatic heterocycles. The van der Waals surface area contributed by atoms with Gasteiger partial charge in [0.15, 0.2) is 11.6 Å². The van der Waals surface area contributed by atoms with E-state index in [1.165, 1.54) is 6.33 Å². The zero-order valence-corrected chi connectivity index (χ0v) is 10.6. The van der Waals surface area contributed by atoms with Gasteiger partial charge in [0.05, 0.1) is 12.8 Å². The van der Waals surface area contributed by atoms with Crippen molar-refractivity contribution in [1.82, 2.24) is 9.97 Å². The molecule has 1 N–H and O–H groups in total. The average molecular weight is 259 g/mol. The van der Waals surface area contributed by atoms with Crippen molar-refractivity contribution >= 4 is 11.5 Å². The lowest BCUT2D eigenvalue weighted by atomic mass is 10.2. The number of aromatic nitrogens is 2. The minimum Gasteiger partial charge on any atom is -0.497 e. The zero-order chi connectivity index (χ0) is 13.2. The molecule has 1 saturated carbocycles. The lowest BCUT2D eigenvalue weighted by Gasteiger charge is -2.09. The molecule has 1 aliphatic carbocycles. The van der Waals surface area contributed by atoms with E-state index in [1.54, 1.807) is 7.11 Å². The fourth-order valence-electron chi connectivity index (χ4n) is 1.92. The Balaban J connectivity index is 1.83. The van der Waals surface area contributed by atoms with Gasteiger partial charge in [-0.15, -0.1) is 0 Å². The van der Waals surface area contributed by atoms with Crippen LogP contribution >= 0.6 is 0 Å². The van der Waals surface area contributed by atoms with Gasteiger partial charge in [-0.1, -0.05) is 0 Å². The fraction of sp³-hybridized carbons (Fsp3) is 0.286. The molecular weight excluding hydrogens is 245 g/mol. The van der Waals surface area contributed by atoms with Gasteiger partial charge in [0.2, 0.25) is 0 Å². The van der Waals surface area contributed by atoms with Crippen LogP contribution in [-0.4, -0.2) is 17.1 Å². The second-order valence-electron chi connectivity index (χ2n) is 4.55. The Hall–Kier alpha value is -2.17. The topological polar surface area (TPSA) is 47.0 Å². The summed E-state index contributed by atoms with van der Waals surface area (Å²) in [4.78, 5) is 7.98. The third kappa shape index (κ3) is 2.50. The molecule has 4 nitrogen and oxygen atoms in total. The first-order chi connectivity index (χ1) is 9.28. The normalized spacial score (nSPS) is 14.2. The standard InChI is InChI=1S/C14H14FN3O/c1-19-11-6-4-10(5-7-11)18-14-12(15)13(9-2-3-9)16-8-17-14/h4-9H,2-3H2,1H3,(H,16,17,18). The molecule has 1 fully saturated rings. The van der Waals surface area contributed by atoms with Gasteiger partial charge >= 0.3 is 0 Å². The molecule has 3 rings (SSSR count). The summed E-state index contributed by atoms with van der Waals surface area (Å²) < 4.78 is 19.3. The molecule has 98 valence electrons. The predicted molar refractivity (Wildman–Crippen MR) is 70.2 cm³/mol. The first kappa shape index (κ1) is 11.9. The summed E-state index contributed by atoms with van der Waals surface area (Å²) >= 11 is 0. The molecule has 1 aliphatic rings. The Labute approximate surface area is 110 Å². The number of halogens is 1. The van der Waals surface area contributed by atoms with Crippen LogP contribution in [0.15, 0.2) is 30.6 Å². The Morgan fingerprint density at radius 3 is 2.58 bits per heavy atom. The first-order valence-corrected chi connectivity index (χ1v) is 6.19. The molecule has 0 radical (unpaired) electrons. The largest absolute Gasteiger partial charge is 0.497 e. The molecule has 5 heteroatoms. The van der Waals surface area contributed by atoms with Gasteiger partial charge in [0, 0.05) is 11.6 Å². The number of nitrogens with one attached hydrogen (secondary N) is 1. The predicted octanol–water partition coefficient (Wildman–Crippen LogP) is 3.25. The number of methoxy groups -OCH3 is 1. The van der Waals surface area contributed by atoms with Crippen LogP contribution in [0.4, 0.5) is 15.9 Å². The van der Waals surface area contributed by atoms with Gasteiger partial charge in [0.25, 0.3) is 0 Å². The maximum Gasteiger partial charge on any atom is 0.187 e. The van der Waals surface area contributed by atoms with E-state index in [9.17, 15) is 4.39 Å². The van der Waals surface area contributed by atoms with Gasteiger partial charge in [-0.3, -0.25) is 0 Å². The van der Waals surface area contributed by atoms with Gasteiger partial charge in [-0.05, 0) is 37.1 Å². The van der Waals surface area contributed by atoms with Crippen LogP contribution in [-0.2, 0) is 0 Å². The third-order valence-corrected chi connectivity index (χ3v) is 3.13. The second kappa shape index (κ2) is 4.84. The molecule has 1 aromatic heterocycles. The van der Waals surface area contributed by atoms with Gasteiger partial charge < -0.3 is 10.1 Å². The molecule has 0 bridgehead atoms. The first-order valence-electron chi connectivity index (χ1n) is 6.19. The maximum absolute atomic E-state index is 14.2. The summed E-state index contributed by atoms with van der Waals surface area (Å²) in [5.74, 6) is 0.898. The average Bonchev–Trinajstić information content (AvgIpc) is 3.26. The lowest BCUT2D eigenvalue weighted by molar-refractivity contribution is 0.415. The quantitative estimate of drug-likeness (QED) is 0.915. The summed E-state index contributed by atoms with van der Waals surface area (Å²) in [6.45, 7) is 0. The highest BCUT2D eigenvalue weighted by Crippen LogP contribution is 2.41. The Kier molecular flexibility index (Phi) is 3.03. The summed E-state index contributed by atoms with van der Waals surface area (Å²) in [5.41, 5.74) is 1.28. The number of ether oxygens (including phenoxy) is 1. The monoisotopic (exact) mass is 259 g/mol. The fourth-order valence-corrected chi connectivity index (χ4v) is 1.92. The SMILES string of the molecule is COc1ccc(Nc2ncnc(C3CC3)c2F)cc1. The van der Waals surface area contributed by atoms with E-state index in [2.05, 4.69) is 15.3 Å². The van der Waals surface area contributed by atoms with Crippen LogP contribution in [0.3, 0.4) is 0 Å². The Morgan fingerprint density at radius 2 is 1.95 bits per heavy atom. The number of hydrogen-bond donors (Lipinski definition) is 1. The zero-order valence-electron chi connectivity index (χ0n) is 10.6. The highest BCUT2D eigenvalue weighted by molar-refractivity contribution is 5.58. The highest BCUT2D eigenvalue weighted by Gasteiger charge is 2.29. The van der Waals surface area contributed by atoms with E-state index < -0.39 is 0 Å². The van der Waals surface area contributed by atoms with Gasteiger partial charge in [-0.2, -0.15) is 0 Å². The van der Waals surface area contributed by atoms with E-state index in [1.807, 2.05) is 24.3 Å². The summed E-state index contributed by atoms with van der Waals surface area (Å²) in [5, 5.41) is 2.96. The third-order valence-electron chi connectivity index (χ3n) is 3.13. The van der Waals surface area contributed by atoms with E-state index >= 15 is 0 Å². The maximum atomic E-state index is 14.2.